The number of anilines is 1. The number of likely N-dealkylation sites (tertiary alicyclic amines) is 1. The third kappa shape index (κ3) is 3.08. The highest BCUT2D eigenvalue weighted by molar-refractivity contribution is 5.25. The normalized spacial score (nSPS) is 30.8. The van der Waals surface area contributed by atoms with E-state index in [9.17, 15) is 0 Å². The van der Waals surface area contributed by atoms with Crippen molar-refractivity contribution in [2.75, 3.05) is 38.2 Å². The molecular formula is C14H22N4O2. The number of aliphatic hydroxyl groups excluding tert-OH is 1. The van der Waals surface area contributed by atoms with Crippen LogP contribution < -0.4 is 5.32 Å². The number of β-amino-alcohol motifs (C(OH)–C–C–N with tert-alkyl or cyclic N) is 1. The summed E-state index contributed by atoms with van der Waals surface area (Å²) in [5, 5.41) is 12.4. The largest absolute Gasteiger partial charge is 0.395 e. The quantitative estimate of drug-likeness (QED) is 0.836. The van der Waals surface area contributed by atoms with E-state index in [-0.39, 0.29) is 18.2 Å². The van der Waals surface area contributed by atoms with Gasteiger partial charge in [0.15, 0.2) is 0 Å². The molecule has 3 rings (SSSR count). The van der Waals surface area contributed by atoms with Crippen LogP contribution in [0.25, 0.3) is 0 Å². The van der Waals surface area contributed by atoms with Gasteiger partial charge >= 0.3 is 0 Å². The van der Waals surface area contributed by atoms with Crippen LogP contribution in [0, 0.1) is 0 Å². The van der Waals surface area contributed by atoms with Gasteiger partial charge in [-0.15, -0.1) is 0 Å². The van der Waals surface area contributed by atoms with Crippen LogP contribution >= 0.6 is 0 Å². The zero-order valence-electron chi connectivity index (χ0n) is 11.7. The van der Waals surface area contributed by atoms with Crippen LogP contribution in [0.2, 0.25) is 0 Å². The molecular weight excluding hydrogens is 256 g/mol. The van der Waals surface area contributed by atoms with E-state index in [0.29, 0.717) is 12.6 Å². The molecule has 20 heavy (non-hydrogen) atoms. The second-order valence-corrected chi connectivity index (χ2v) is 5.72. The van der Waals surface area contributed by atoms with E-state index >= 15 is 0 Å². The molecule has 2 aliphatic heterocycles. The van der Waals surface area contributed by atoms with E-state index in [1.807, 2.05) is 6.07 Å². The van der Waals surface area contributed by atoms with Gasteiger partial charge < -0.3 is 15.2 Å². The van der Waals surface area contributed by atoms with E-state index < -0.39 is 0 Å². The maximum atomic E-state index is 9.09. The molecule has 110 valence electrons. The average Bonchev–Trinajstić information content (AvgIpc) is 2.83. The van der Waals surface area contributed by atoms with Crippen molar-refractivity contribution < 1.29 is 9.84 Å². The van der Waals surface area contributed by atoms with Crippen LogP contribution in [-0.4, -0.2) is 64.5 Å². The highest BCUT2D eigenvalue weighted by Crippen LogP contribution is 2.35. The third-order valence-electron chi connectivity index (χ3n) is 4.14. The summed E-state index contributed by atoms with van der Waals surface area (Å²) in [7, 11) is 0. The summed E-state index contributed by atoms with van der Waals surface area (Å²) in [5.74, 6) is 0.668. The Labute approximate surface area is 119 Å². The highest BCUT2D eigenvalue weighted by atomic mass is 16.5. The maximum absolute atomic E-state index is 9.09. The predicted molar refractivity (Wildman–Crippen MR) is 75.5 cm³/mol. The Kier molecular flexibility index (Phi) is 4.14. The molecule has 6 nitrogen and oxygen atoms in total. The number of aliphatic hydroxyl groups is 1. The molecule has 1 spiro atoms. The van der Waals surface area contributed by atoms with Gasteiger partial charge in [0.1, 0.15) is 0 Å². The van der Waals surface area contributed by atoms with Crippen molar-refractivity contribution in [1.82, 2.24) is 14.9 Å². The van der Waals surface area contributed by atoms with E-state index in [1.165, 1.54) is 0 Å². The lowest BCUT2D eigenvalue weighted by atomic mass is 9.89. The van der Waals surface area contributed by atoms with Crippen LogP contribution in [0.4, 0.5) is 5.95 Å². The fraction of sp³-hybridized carbons (Fsp3) is 0.714. The van der Waals surface area contributed by atoms with E-state index in [4.69, 9.17) is 9.84 Å². The first-order valence-electron chi connectivity index (χ1n) is 7.30. The Balaban J connectivity index is 1.58. The van der Waals surface area contributed by atoms with Crippen LogP contribution in [0.3, 0.4) is 0 Å². The molecule has 0 bridgehead atoms. The third-order valence-corrected chi connectivity index (χ3v) is 4.14. The number of nitrogens with one attached hydrogen (secondary N) is 1. The SMILES string of the molecule is OCCN1CCC[C@@]2(C[C@@H](Nc3ncccn3)CO2)C1. The van der Waals surface area contributed by atoms with Crippen molar-refractivity contribution >= 4 is 5.95 Å². The standard InChI is InChI=1S/C14H22N4O2/c19-8-7-18-6-1-3-14(11-18)9-12(10-20-14)17-13-15-4-2-5-16-13/h2,4-5,12,19H,1,3,6-11H2,(H,15,16,17)/t12-,14-/m1/s1. The molecule has 0 unspecified atom stereocenters. The smallest absolute Gasteiger partial charge is 0.222 e. The van der Waals surface area contributed by atoms with Gasteiger partial charge in [-0.05, 0) is 25.5 Å². The van der Waals surface area contributed by atoms with Crippen molar-refractivity contribution in [3.8, 4) is 0 Å². The van der Waals surface area contributed by atoms with Crippen LogP contribution in [0.15, 0.2) is 18.5 Å². The second-order valence-electron chi connectivity index (χ2n) is 5.72. The van der Waals surface area contributed by atoms with Gasteiger partial charge in [-0.3, -0.25) is 4.90 Å². The number of ether oxygens (including phenoxy) is 1. The number of aromatic nitrogens is 2. The Morgan fingerprint density at radius 1 is 1.45 bits per heavy atom. The number of nitrogens with zero attached hydrogens (tertiary/aromatic N) is 3. The highest BCUT2D eigenvalue weighted by Gasteiger charge is 2.43. The first kappa shape index (κ1) is 13.7. The molecule has 1 aromatic heterocycles. The minimum Gasteiger partial charge on any atom is -0.395 e. The summed E-state index contributed by atoms with van der Waals surface area (Å²) in [6, 6.07) is 2.08. The Morgan fingerprint density at radius 2 is 2.30 bits per heavy atom. The summed E-state index contributed by atoms with van der Waals surface area (Å²) < 4.78 is 6.10. The first-order valence-corrected chi connectivity index (χ1v) is 7.30. The van der Waals surface area contributed by atoms with Gasteiger partial charge in [-0.1, -0.05) is 0 Å². The fourth-order valence-corrected chi connectivity index (χ4v) is 3.30. The zero-order chi connectivity index (χ0) is 13.8. The summed E-state index contributed by atoms with van der Waals surface area (Å²) >= 11 is 0. The summed E-state index contributed by atoms with van der Waals surface area (Å²) in [4.78, 5) is 10.7. The number of hydrogen-bond acceptors (Lipinski definition) is 6. The Hall–Kier alpha value is -1.24. The molecule has 2 atom stereocenters. The number of piperidine rings is 1. The Morgan fingerprint density at radius 3 is 3.10 bits per heavy atom. The fourth-order valence-electron chi connectivity index (χ4n) is 3.30. The molecule has 0 amide bonds. The molecule has 2 aliphatic rings. The number of rotatable bonds is 4. The topological polar surface area (TPSA) is 70.5 Å². The van der Waals surface area contributed by atoms with Gasteiger partial charge in [-0.25, -0.2) is 9.97 Å². The van der Waals surface area contributed by atoms with Crippen molar-refractivity contribution in [2.45, 2.75) is 30.9 Å². The van der Waals surface area contributed by atoms with Gasteiger partial charge in [0.25, 0.3) is 0 Å². The monoisotopic (exact) mass is 278 g/mol. The van der Waals surface area contributed by atoms with Crippen molar-refractivity contribution in [1.29, 1.82) is 0 Å². The van der Waals surface area contributed by atoms with Crippen molar-refractivity contribution in [2.24, 2.45) is 0 Å². The Bertz CT molecular complexity index is 428. The molecule has 0 radical (unpaired) electrons. The van der Waals surface area contributed by atoms with Gasteiger partial charge in [0, 0.05) is 31.9 Å². The van der Waals surface area contributed by atoms with E-state index in [2.05, 4.69) is 20.2 Å². The zero-order valence-corrected chi connectivity index (χ0v) is 11.7. The molecule has 6 heteroatoms. The molecule has 2 N–H and O–H groups in total. The van der Waals surface area contributed by atoms with Crippen molar-refractivity contribution in [3.05, 3.63) is 18.5 Å². The van der Waals surface area contributed by atoms with Crippen LogP contribution in [-0.2, 0) is 4.74 Å². The minimum atomic E-state index is -0.0557. The first-order chi connectivity index (χ1) is 9.80. The van der Waals surface area contributed by atoms with Gasteiger partial charge in [0.05, 0.1) is 24.9 Å². The molecule has 3 heterocycles. The maximum Gasteiger partial charge on any atom is 0.222 e. The minimum absolute atomic E-state index is 0.0557. The summed E-state index contributed by atoms with van der Waals surface area (Å²) in [6.07, 6.45) is 6.69. The summed E-state index contributed by atoms with van der Waals surface area (Å²) in [5.41, 5.74) is -0.0557. The van der Waals surface area contributed by atoms with Gasteiger partial charge in [0.2, 0.25) is 5.95 Å². The average molecular weight is 278 g/mol. The lowest BCUT2D eigenvalue weighted by molar-refractivity contribution is -0.0536. The molecule has 0 aromatic carbocycles. The van der Waals surface area contributed by atoms with Crippen LogP contribution in [0.1, 0.15) is 19.3 Å². The molecule has 1 aromatic rings. The van der Waals surface area contributed by atoms with E-state index in [1.54, 1.807) is 12.4 Å². The lowest BCUT2D eigenvalue weighted by Crippen LogP contribution is -2.48. The summed E-state index contributed by atoms with van der Waals surface area (Å²) in [6.45, 7) is 3.64. The van der Waals surface area contributed by atoms with Crippen LogP contribution in [0.5, 0.6) is 0 Å². The molecule has 0 saturated carbocycles. The second kappa shape index (κ2) is 6.03. The van der Waals surface area contributed by atoms with E-state index in [0.717, 1.165) is 38.9 Å². The molecule has 0 aliphatic carbocycles. The number of hydrogen-bond donors (Lipinski definition) is 2. The van der Waals surface area contributed by atoms with Gasteiger partial charge in [-0.2, -0.15) is 0 Å². The molecule has 2 fully saturated rings. The molecule has 2 saturated heterocycles. The lowest BCUT2D eigenvalue weighted by Gasteiger charge is -2.39. The predicted octanol–water partition coefficient (Wildman–Crippen LogP) is 0.504. The van der Waals surface area contributed by atoms with Crippen molar-refractivity contribution in [3.63, 3.8) is 0 Å².